The Hall–Kier alpha value is -2.03. The van der Waals surface area contributed by atoms with E-state index < -0.39 is 0 Å². The van der Waals surface area contributed by atoms with Gasteiger partial charge in [-0.25, -0.2) is 0 Å². The third-order valence-corrected chi connectivity index (χ3v) is 6.26. The second-order valence-corrected chi connectivity index (χ2v) is 8.40. The van der Waals surface area contributed by atoms with Crippen LogP contribution >= 0.6 is 24.0 Å². The Morgan fingerprint density at radius 2 is 1.94 bits per heavy atom. The van der Waals surface area contributed by atoms with Crippen LogP contribution < -0.4 is 10.6 Å². The van der Waals surface area contributed by atoms with Gasteiger partial charge in [0.2, 0.25) is 5.91 Å². The van der Waals surface area contributed by atoms with Crippen molar-refractivity contribution in [2.45, 2.75) is 50.6 Å². The van der Waals surface area contributed by atoms with Crippen LogP contribution in [-0.4, -0.2) is 42.9 Å². The van der Waals surface area contributed by atoms with E-state index in [1.54, 1.807) is 6.26 Å². The molecule has 1 aromatic carbocycles. The van der Waals surface area contributed by atoms with Crippen molar-refractivity contribution >= 4 is 35.8 Å². The van der Waals surface area contributed by atoms with E-state index in [4.69, 9.17) is 9.41 Å². The number of benzene rings is 1. The lowest BCUT2D eigenvalue weighted by Crippen LogP contribution is -2.43. The van der Waals surface area contributed by atoms with Gasteiger partial charge < -0.3 is 20.0 Å². The van der Waals surface area contributed by atoms with Crippen molar-refractivity contribution in [2.24, 2.45) is 10.9 Å². The highest BCUT2D eigenvalue weighted by atomic mass is 127. The summed E-state index contributed by atoms with van der Waals surface area (Å²) in [4.78, 5) is 19.2. The van der Waals surface area contributed by atoms with Gasteiger partial charge in [-0.05, 0) is 30.5 Å². The van der Waals surface area contributed by atoms with Gasteiger partial charge in [0.1, 0.15) is 5.76 Å². The molecule has 2 atom stereocenters. The molecule has 1 aromatic heterocycles. The van der Waals surface area contributed by atoms with Gasteiger partial charge >= 0.3 is 0 Å². The van der Waals surface area contributed by atoms with Crippen LogP contribution in [0.2, 0.25) is 0 Å². The molecule has 31 heavy (non-hydrogen) atoms. The first-order chi connectivity index (χ1) is 14.7. The summed E-state index contributed by atoms with van der Waals surface area (Å²) in [6.45, 7) is 1.39. The maximum absolute atomic E-state index is 12.4. The molecule has 0 spiro atoms. The Morgan fingerprint density at radius 1 is 1.16 bits per heavy atom. The van der Waals surface area contributed by atoms with Gasteiger partial charge in [0.25, 0.3) is 0 Å². The monoisotopic (exact) mass is 536 g/mol. The molecule has 4 rings (SSSR count). The number of nitrogens with one attached hydrogen (secondary N) is 2. The molecule has 1 saturated carbocycles. The highest BCUT2D eigenvalue weighted by Crippen LogP contribution is 2.37. The zero-order valence-electron chi connectivity index (χ0n) is 18.1. The number of halogens is 1. The summed E-state index contributed by atoms with van der Waals surface area (Å²) in [7, 11) is 1.91. The molecule has 168 valence electrons. The lowest BCUT2D eigenvalue weighted by Gasteiger charge is -2.25. The van der Waals surface area contributed by atoms with Crippen molar-refractivity contribution in [1.29, 1.82) is 0 Å². The van der Waals surface area contributed by atoms with Gasteiger partial charge in [-0.2, -0.15) is 0 Å². The van der Waals surface area contributed by atoms with Crippen LogP contribution in [0.4, 0.5) is 0 Å². The highest BCUT2D eigenvalue weighted by molar-refractivity contribution is 14.0. The number of guanidine groups is 1. The van der Waals surface area contributed by atoms with Gasteiger partial charge in [0.05, 0.1) is 12.3 Å². The largest absolute Gasteiger partial charge is 0.469 e. The molecule has 2 aromatic rings. The Labute approximate surface area is 201 Å². The summed E-state index contributed by atoms with van der Waals surface area (Å²) < 4.78 is 5.43. The van der Waals surface area contributed by atoms with E-state index in [-0.39, 0.29) is 41.8 Å². The Morgan fingerprint density at radius 3 is 2.65 bits per heavy atom. The first kappa shape index (κ1) is 23.6. The van der Waals surface area contributed by atoms with Crippen LogP contribution in [0.1, 0.15) is 49.5 Å². The maximum atomic E-state index is 12.4. The number of aliphatic imine (C=N–C) groups is 1. The molecule has 1 aliphatic carbocycles. The minimum Gasteiger partial charge on any atom is -0.469 e. The van der Waals surface area contributed by atoms with E-state index in [2.05, 4.69) is 22.8 Å². The average molecular weight is 536 g/mol. The lowest BCUT2D eigenvalue weighted by molar-refractivity contribution is -0.127. The summed E-state index contributed by atoms with van der Waals surface area (Å²) >= 11 is 0. The molecular weight excluding hydrogens is 503 g/mol. The molecule has 1 saturated heterocycles. The molecule has 1 amide bonds. The summed E-state index contributed by atoms with van der Waals surface area (Å²) in [5.74, 6) is 2.19. The van der Waals surface area contributed by atoms with Crippen LogP contribution in [0.3, 0.4) is 0 Å². The first-order valence-electron chi connectivity index (χ1n) is 11.1. The van der Waals surface area contributed by atoms with Crippen molar-refractivity contribution in [1.82, 2.24) is 15.5 Å². The van der Waals surface area contributed by atoms with Crippen LogP contribution in [0.25, 0.3) is 0 Å². The number of amides is 1. The Balaban J connectivity index is 0.00000272. The van der Waals surface area contributed by atoms with E-state index >= 15 is 0 Å². The van der Waals surface area contributed by atoms with E-state index in [0.717, 1.165) is 24.7 Å². The summed E-state index contributed by atoms with van der Waals surface area (Å²) in [6.07, 6.45) is 7.99. The van der Waals surface area contributed by atoms with Gasteiger partial charge in [-0.1, -0.05) is 43.2 Å². The number of rotatable bonds is 7. The summed E-state index contributed by atoms with van der Waals surface area (Å²) in [6, 6.07) is 14.8. The lowest BCUT2D eigenvalue weighted by atomic mass is 9.94. The van der Waals surface area contributed by atoms with E-state index in [0.29, 0.717) is 19.0 Å². The Kier molecular flexibility index (Phi) is 8.80. The van der Waals surface area contributed by atoms with E-state index in [1.165, 1.54) is 31.2 Å². The average Bonchev–Trinajstić information content (AvgIpc) is 3.50. The number of likely N-dealkylation sites (tertiary alicyclic amines) is 1. The molecule has 2 N–H and O–H groups in total. The molecule has 2 unspecified atom stereocenters. The summed E-state index contributed by atoms with van der Waals surface area (Å²) in [5.41, 5.74) is 1.18. The Bertz CT molecular complexity index is 835. The van der Waals surface area contributed by atoms with Crippen molar-refractivity contribution in [2.75, 3.05) is 20.1 Å². The van der Waals surface area contributed by atoms with Gasteiger partial charge in [-0.3, -0.25) is 9.79 Å². The molecule has 1 aliphatic heterocycles. The predicted octanol–water partition coefficient (Wildman–Crippen LogP) is 4.14. The number of carbonyl (C=O) groups is 1. The standard InChI is InChI=1S/C24H32N4O2.HI/c1-28-22(29)16-19(23(28)18-8-3-2-4-9-18)17-26-24(27-20-10-5-6-11-20)25-14-13-21-12-7-15-30-21;/h2-4,7-9,12,15,19-20,23H,5-6,10-11,13-14,16-17H2,1H3,(H2,25,26,27);1H. The zero-order chi connectivity index (χ0) is 20.8. The van der Waals surface area contributed by atoms with E-state index in [9.17, 15) is 4.79 Å². The van der Waals surface area contributed by atoms with Crippen molar-refractivity contribution < 1.29 is 9.21 Å². The molecule has 2 aliphatic rings. The number of hydrogen-bond acceptors (Lipinski definition) is 3. The van der Waals surface area contributed by atoms with Gasteiger partial charge in [-0.15, -0.1) is 24.0 Å². The smallest absolute Gasteiger partial charge is 0.223 e. The minimum atomic E-state index is 0. The molecule has 0 bridgehead atoms. The van der Waals surface area contributed by atoms with Crippen molar-refractivity contribution in [3.05, 3.63) is 60.1 Å². The quantitative estimate of drug-likeness (QED) is 0.317. The molecular formula is C24H33IN4O2. The third kappa shape index (κ3) is 6.24. The number of nitrogens with zero attached hydrogens (tertiary/aromatic N) is 2. The van der Waals surface area contributed by atoms with Crippen LogP contribution in [0.15, 0.2) is 58.1 Å². The second-order valence-electron chi connectivity index (χ2n) is 8.40. The normalized spacial score (nSPS) is 21.9. The SMILES string of the molecule is CN1C(=O)CC(CN=C(NCCc2ccco2)NC2CCCC2)C1c1ccccc1.I. The zero-order valence-corrected chi connectivity index (χ0v) is 20.5. The second kappa shape index (κ2) is 11.5. The fourth-order valence-electron chi connectivity index (χ4n) is 4.65. The number of furan rings is 1. The molecule has 6 nitrogen and oxygen atoms in total. The molecule has 2 heterocycles. The summed E-state index contributed by atoms with van der Waals surface area (Å²) in [5, 5.41) is 7.07. The molecule has 2 fully saturated rings. The van der Waals surface area contributed by atoms with Crippen LogP contribution in [-0.2, 0) is 11.2 Å². The van der Waals surface area contributed by atoms with Gasteiger partial charge in [0.15, 0.2) is 5.96 Å². The molecule has 0 radical (unpaired) electrons. The fraction of sp³-hybridized carbons (Fsp3) is 0.500. The fourth-order valence-corrected chi connectivity index (χ4v) is 4.65. The first-order valence-corrected chi connectivity index (χ1v) is 11.1. The highest BCUT2D eigenvalue weighted by Gasteiger charge is 2.38. The van der Waals surface area contributed by atoms with Gasteiger partial charge in [0, 0.05) is 44.9 Å². The number of carbonyl (C=O) groups excluding carboxylic acids is 1. The topological polar surface area (TPSA) is 69.9 Å². The number of hydrogen-bond donors (Lipinski definition) is 2. The predicted molar refractivity (Wildman–Crippen MR) is 134 cm³/mol. The third-order valence-electron chi connectivity index (χ3n) is 6.26. The maximum Gasteiger partial charge on any atom is 0.223 e. The van der Waals surface area contributed by atoms with Crippen LogP contribution in [0.5, 0.6) is 0 Å². The van der Waals surface area contributed by atoms with E-state index in [1.807, 2.05) is 42.3 Å². The van der Waals surface area contributed by atoms with Crippen molar-refractivity contribution in [3.8, 4) is 0 Å². The van der Waals surface area contributed by atoms with Crippen molar-refractivity contribution in [3.63, 3.8) is 0 Å². The van der Waals surface area contributed by atoms with Crippen LogP contribution in [0, 0.1) is 5.92 Å². The molecule has 7 heteroatoms. The minimum absolute atomic E-state index is 0.